The Bertz CT molecular complexity index is 188. The third-order valence-electron chi connectivity index (χ3n) is 1.03. The molecule has 2 aromatic heterocycles. The van der Waals surface area contributed by atoms with Crippen molar-refractivity contribution in [1.29, 1.82) is 0 Å². The fraction of sp³-hybridized carbons (Fsp3) is 0. The second kappa shape index (κ2) is 9.04. The molecule has 13 heavy (non-hydrogen) atoms. The summed E-state index contributed by atoms with van der Waals surface area (Å²) < 4.78 is 0. The quantitative estimate of drug-likeness (QED) is 0.678. The molecule has 0 aliphatic rings. The largest absolute Gasteiger partial charge is 0.391 e. The molecule has 0 unspecified atom stereocenters. The van der Waals surface area contributed by atoms with Gasteiger partial charge in [0.2, 0.25) is 0 Å². The van der Waals surface area contributed by atoms with Gasteiger partial charge in [0, 0.05) is 20.1 Å². The van der Waals surface area contributed by atoms with Gasteiger partial charge in [-0.05, 0) is 0 Å². The summed E-state index contributed by atoms with van der Waals surface area (Å²) in [5.74, 6) is 0. The first-order valence-electron chi connectivity index (χ1n) is 3.52. The van der Waals surface area contributed by atoms with Gasteiger partial charge in [-0.2, -0.15) is 36.4 Å². The van der Waals surface area contributed by atoms with Crippen LogP contribution in [0.1, 0.15) is 0 Å². The molecule has 2 rings (SSSR count). The fourth-order valence-corrected chi connectivity index (χ4v) is 0.555. The zero-order chi connectivity index (χ0) is 8.49. The van der Waals surface area contributed by atoms with Crippen molar-refractivity contribution in [3.05, 3.63) is 61.2 Å². The maximum Gasteiger partial charge on any atom is 0 e. The maximum atomic E-state index is 3.75. The first-order chi connectivity index (χ1) is 6.00. The van der Waals surface area contributed by atoms with Crippen molar-refractivity contribution in [2.24, 2.45) is 0 Å². The van der Waals surface area contributed by atoms with Crippen molar-refractivity contribution in [2.45, 2.75) is 0 Å². The molecular weight excluding hydrogens is 340 g/mol. The van der Waals surface area contributed by atoms with E-state index < -0.39 is 0 Å². The molecule has 0 amide bonds. The SMILES string of the molecule is [Ir].[c-]1ccncc1.[c-]1ccncc1. The Balaban J connectivity index is 0.000000206. The molecule has 3 heteroatoms. The van der Waals surface area contributed by atoms with E-state index >= 15 is 0 Å². The van der Waals surface area contributed by atoms with Crippen LogP contribution in [0.15, 0.2) is 49.1 Å². The Hall–Kier alpha value is -1.05. The van der Waals surface area contributed by atoms with Gasteiger partial charge in [0.1, 0.15) is 0 Å². The van der Waals surface area contributed by atoms with Crippen LogP contribution < -0.4 is 0 Å². The molecule has 0 N–H and O–H groups in total. The second-order valence-electron chi connectivity index (χ2n) is 1.89. The molecule has 0 aliphatic carbocycles. The predicted octanol–water partition coefficient (Wildman–Crippen LogP) is 1.76. The molecule has 2 heterocycles. The summed E-state index contributed by atoms with van der Waals surface area (Å²) >= 11 is 0. The Morgan fingerprint density at radius 2 is 0.923 bits per heavy atom. The average molecular weight is 348 g/mol. The van der Waals surface area contributed by atoms with E-state index in [0.29, 0.717) is 0 Å². The third-order valence-corrected chi connectivity index (χ3v) is 1.03. The van der Waals surface area contributed by atoms with Crippen LogP contribution in [0.5, 0.6) is 0 Å². The molecule has 0 saturated carbocycles. The Labute approximate surface area is 91.4 Å². The molecule has 0 spiro atoms. The van der Waals surface area contributed by atoms with Gasteiger partial charge in [0.15, 0.2) is 0 Å². The van der Waals surface area contributed by atoms with Crippen molar-refractivity contribution in [1.82, 2.24) is 9.97 Å². The van der Waals surface area contributed by atoms with E-state index in [-0.39, 0.29) is 20.1 Å². The van der Waals surface area contributed by atoms with E-state index in [9.17, 15) is 0 Å². The van der Waals surface area contributed by atoms with E-state index in [2.05, 4.69) is 22.1 Å². The maximum absolute atomic E-state index is 3.75. The van der Waals surface area contributed by atoms with E-state index in [4.69, 9.17) is 0 Å². The van der Waals surface area contributed by atoms with E-state index in [1.807, 2.05) is 0 Å². The van der Waals surface area contributed by atoms with Gasteiger partial charge in [-0.3, -0.25) is 0 Å². The van der Waals surface area contributed by atoms with Gasteiger partial charge in [-0.15, -0.1) is 0 Å². The first kappa shape index (κ1) is 11.9. The van der Waals surface area contributed by atoms with Crippen LogP contribution in [0.4, 0.5) is 0 Å². The molecule has 0 saturated heterocycles. The molecule has 0 atom stereocenters. The topological polar surface area (TPSA) is 25.8 Å². The number of nitrogens with zero attached hydrogens (tertiary/aromatic N) is 2. The average Bonchev–Trinajstić information content (AvgIpc) is 2.24. The van der Waals surface area contributed by atoms with E-state index in [1.165, 1.54) is 0 Å². The van der Waals surface area contributed by atoms with Crippen LogP contribution in [-0.2, 0) is 20.1 Å². The summed E-state index contributed by atoms with van der Waals surface area (Å²) in [6.07, 6.45) is 6.78. The van der Waals surface area contributed by atoms with E-state index in [0.717, 1.165) is 0 Å². The number of aromatic nitrogens is 2. The second-order valence-corrected chi connectivity index (χ2v) is 1.89. The molecule has 0 fully saturated rings. The van der Waals surface area contributed by atoms with Gasteiger partial charge >= 0.3 is 0 Å². The van der Waals surface area contributed by atoms with Crippen molar-refractivity contribution < 1.29 is 20.1 Å². The Kier molecular flexibility index (Phi) is 8.31. The van der Waals surface area contributed by atoms with Crippen LogP contribution in [0.25, 0.3) is 0 Å². The Morgan fingerprint density at radius 3 is 1.00 bits per heavy atom. The monoisotopic (exact) mass is 349 g/mol. The normalized spacial score (nSPS) is 7.38. The van der Waals surface area contributed by atoms with Crippen molar-refractivity contribution in [3.8, 4) is 0 Å². The van der Waals surface area contributed by atoms with Crippen LogP contribution in [0, 0.1) is 12.1 Å². The summed E-state index contributed by atoms with van der Waals surface area (Å²) in [5.41, 5.74) is 0. The molecule has 2 nitrogen and oxygen atoms in total. The minimum atomic E-state index is 0. The van der Waals surface area contributed by atoms with Crippen LogP contribution in [-0.4, -0.2) is 9.97 Å². The smallest absolute Gasteiger partial charge is 0 e. The minimum absolute atomic E-state index is 0. The van der Waals surface area contributed by atoms with Crippen molar-refractivity contribution in [3.63, 3.8) is 0 Å². The summed E-state index contributed by atoms with van der Waals surface area (Å²) in [6, 6.07) is 12.7. The van der Waals surface area contributed by atoms with Gasteiger partial charge in [-0.1, -0.05) is 24.8 Å². The van der Waals surface area contributed by atoms with E-state index in [1.54, 1.807) is 49.1 Å². The summed E-state index contributed by atoms with van der Waals surface area (Å²) in [6.45, 7) is 0. The van der Waals surface area contributed by atoms with Gasteiger partial charge in [0.25, 0.3) is 0 Å². The number of pyridine rings is 2. The summed E-state index contributed by atoms with van der Waals surface area (Å²) in [7, 11) is 0. The van der Waals surface area contributed by atoms with Crippen molar-refractivity contribution in [2.75, 3.05) is 0 Å². The zero-order valence-corrected chi connectivity index (χ0v) is 9.24. The van der Waals surface area contributed by atoms with Crippen molar-refractivity contribution >= 4 is 0 Å². The van der Waals surface area contributed by atoms with Gasteiger partial charge < -0.3 is 9.97 Å². The molecule has 69 valence electrons. The summed E-state index contributed by atoms with van der Waals surface area (Å²) in [4.78, 5) is 7.51. The minimum Gasteiger partial charge on any atom is -0.391 e. The van der Waals surface area contributed by atoms with Crippen LogP contribution in [0.2, 0.25) is 0 Å². The summed E-state index contributed by atoms with van der Waals surface area (Å²) in [5, 5.41) is 0. The number of rotatable bonds is 0. The molecule has 0 aliphatic heterocycles. The third kappa shape index (κ3) is 7.31. The Morgan fingerprint density at radius 1 is 0.615 bits per heavy atom. The first-order valence-corrected chi connectivity index (χ1v) is 3.52. The molecule has 0 aromatic carbocycles. The number of hydrogen-bond donors (Lipinski definition) is 0. The molecular formula is C10H8IrN2-2. The predicted molar refractivity (Wildman–Crippen MR) is 46.1 cm³/mol. The number of hydrogen-bond acceptors (Lipinski definition) is 2. The standard InChI is InChI=1S/2C5H4N.Ir/c2*1-2-4-6-5-3-1;/h2*2-5H;/q2*-1;. The van der Waals surface area contributed by atoms with Gasteiger partial charge in [-0.25, -0.2) is 0 Å². The zero-order valence-electron chi connectivity index (χ0n) is 6.85. The molecule has 2 aromatic rings. The van der Waals surface area contributed by atoms with Crippen LogP contribution in [0.3, 0.4) is 0 Å². The van der Waals surface area contributed by atoms with Gasteiger partial charge in [0.05, 0.1) is 0 Å². The molecule has 1 radical (unpaired) electrons. The fourth-order valence-electron chi connectivity index (χ4n) is 0.555. The molecule has 0 bridgehead atoms. The van der Waals surface area contributed by atoms with Crippen LogP contribution >= 0.6 is 0 Å².